The Morgan fingerprint density at radius 1 is 1.44 bits per heavy atom. The molecule has 18 heavy (non-hydrogen) atoms. The Hall–Kier alpha value is -1.92. The molecule has 0 spiro atoms. The molecule has 0 saturated heterocycles. The number of alkyl halides is 3. The molecule has 0 atom stereocenters. The minimum absolute atomic E-state index is 0.0341. The standard InChI is InChI=1S/C11H14F3N3O/c1-2-17(7-11(12,13)14)10(18)16-9-5-3-4-8(15)6-9/h3-6H,2,7,15H2,1H3,(H,16,18). The highest BCUT2D eigenvalue weighted by Gasteiger charge is 2.32. The number of nitrogen functional groups attached to an aromatic ring is 1. The van der Waals surface area contributed by atoms with Gasteiger partial charge in [0.1, 0.15) is 6.54 Å². The van der Waals surface area contributed by atoms with Crippen molar-refractivity contribution in [1.29, 1.82) is 0 Å². The summed E-state index contributed by atoms with van der Waals surface area (Å²) in [7, 11) is 0. The topological polar surface area (TPSA) is 58.4 Å². The van der Waals surface area contributed by atoms with E-state index in [0.29, 0.717) is 16.3 Å². The number of nitrogens with zero attached hydrogens (tertiary/aromatic N) is 1. The molecule has 0 fully saturated rings. The summed E-state index contributed by atoms with van der Waals surface area (Å²) in [6.45, 7) is 0.163. The zero-order valence-electron chi connectivity index (χ0n) is 9.79. The Morgan fingerprint density at radius 3 is 2.61 bits per heavy atom. The molecule has 0 heterocycles. The number of urea groups is 1. The Balaban J connectivity index is 2.68. The number of hydrogen-bond donors (Lipinski definition) is 2. The quantitative estimate of drug-likeness (QED) is 0.822. The maximum Gasteiger partial charge on any atom is 0.406 e. The summed E-state index contributed by atoms with van der Waals surface area (Å²) >= 11 is 0. The van der Waals surface area contributed by atoms with Gasteiger partial charge in [-0.2, -0.15) is 13.2 Å². The number of carbonyl (C=O) groups is 1. The first-order valence-electron chi connectivity index (χ1n) is 5.30. The van der Waals surface area contributed by atoms with Gasteiger partial charge in [-0.1, -0.05) is 6.07 Å². The van der Waals surface area contributed by atoms with E-state index < -0.39 is 18.8 Å². The highest BCUT2D eigenvalue weighted by molar-refractivity contribution is 5.89. The molecule has 0 unspecified atom stereocenters. The molecule has 4 nitrogen and oxygen atoms in total. The number of rotatable bonds is 3. The van der Waals surface area contributed by atoms with Crippen molar-refractivity contribution in [2.24, 2.45) is 0 Å². The number of amides is 2. The second-order valence-corrected chi connectivity index (χ2v) is 3.68. The van der Waals surface area contributed by atoms with Crippen molar-refractivity contribution in [2.45, 2.75) is 13.1 Å². The van der Waals surface area contributed by atoms with E-state index in [2.05, 4.69) is 5.32 Å². The van der Waals surface area contributed by atoms with Gasteiger partial charge in [-0.15, -0.1) is 0 Å². The predicted octanol–water partition coefficient (Wildman–Crippen LogP) is 2.68. The SMILES string of the molecule is CCN(CC(F)(F)F)C(=O)Nc1cccc(N)c1. The van der Waals surface area contributed by atoms with Crippen LogP contribution in [0.15, 0.2) is 24.3 Å². The van der Waals surface area contributed by atoms with Crippen LogP contribution < -0.4 is 11.1 Å². The van der Waals surface area contributed by atoms with Crippen LogP contribution in [0.2, 0.25) is 0 Å². The van der Waals surface area contributed by atoms with Gasteiger partial charge in [0.05, 0.1) is 0 Å². The average molecular weight is 261 g/mol. The lowest BCUT2D eigenvalue weighted by molar-refractivity contribution is -0.139. The van der Waals surface area contributed by atoms with E-state index in [1.807, 2.05) is 0 Å². The van der Waals surface area contributed by atoms with Crippen LogP contribution in [0.4, 0.5) is 29.3 Å². The molecule has 7 heteroatoms. The molecule has 0 aliphatic carbocycles. The number of hydrogen-bond acceptors (Lipinski definition) is 2. The smallest absolute Gasteiger partial charge is 0.399 e. The van der Waals surface area contributed by atoms with E-state index in [1.54, 1.807) is 18.2 Å². The highest BCUT2D eigenvalue weighted by atomic mass is 19.4. The highest BCUT2D eigenvalue weighted by Crippen LogP contribution is 2.18. The molecule has 1 aromatic rings. The van der Waals surface area contributed by atoms with Gasteiger partial charge < -0.3 is 16.0 Å². The van der Waals surface area contributed by atoms with E-state index in [-0.39, 0.29) is 6.54 Å². The van der Waals surface area contributed by atoms with Gasteiger partial charge >= 0.3 is 12.2 Å². The molecular formula is C11H14F3N3O. The first-order chi connectivity index (χ1) is 8.31. The van der Waals surface area contributed by atoms with Gasteiger partial charge in [0, 0.05) is 17.9 Å². The van der Waals surface area contributed by atoms with Gasteiger partial charge in [0.15, 0.2) is 0 Å². The monoisotopic (exact) mass is 261 g/mol. The summed E-state index contributed by atoms with van der Waals surface area (Å²) in [6.07, 6.45) is -4.41. The molecular weight excluding hydrogens is 247 g/mol. The van der Waals surface area contributed by atoms with E-state index in [0.717, 1.165) is 0 Å². The maximum atomic E-state index is 12.2. The molecule has 1 aromatic carbocycles. The van der Waals surface area contributed by atoms with Crippen molar-refractivity contribution in [3.63, 3.8) is 0 Å². The molecule has 0 bridgehead atoms. The molecule has 0 saturated carbocycles. The fraction of sp³-hybridized carbons (Fsp3) is 0.364. The van der Waals surface area contributed by atoms with Crippen molar-refractivity contribution < 1.29 is 18.0 Å². The maximum absolute atomic E-state index is 12.2. The summed E-state index contributed by atoms with van der Waals surface area (Å²) in [5, 5.41) is 2.36. The summed E-state index contributed by atoms with van der Waals surface area (Å²) in [5.74, 6) is 0. The van der Waals surface area contributed by atoms with Gasteiger partial charge in [-0.3, -0.25) is 0 Å². The van der Waals surface area contributed by atoms with Crippen LogP contribution in [-0.4, -0.2) is 30.2 Å². The van der Waals surface area contributed by atoms with Crippen LogP contribution in [-0.2, 0) is 0 Å². The second-order valence-electron chi connectivity index (χ2n) is 3.68. The van der Waals surface area contributed by atoms with E-state index in [1.165, 1.54) is 13.0 Å². The minimum atomic E-state index is -4.41. The molecule has 1 rings (SSSR count). The lowest BCUT2D eigenvalue weighted by Crippen LogP contribution is -2.41. The number of benzene rings is 1. The average Bonchev–Trinajstić information content (AvgIpc) is 2.24. The van der Waals surface area contributed by atoms with Crippen LogP contribution in [0.3, 0.4) is 0 Å². The molecule has 100 valence electrons. The van der Waals surface area contributed by atoms with Crippen molar-refractivity contribution >= 4 is 17.4 Å². The Kier molecular flexibility index (Phi) is 4.41. The normalized spacial score (nSPS) is 11.1. The molecule has 0 radical (unpaired) electrons. The lowest BCUT2D eigenvalue weighted by Gasteiger charge is -2.22. The number of anilines is 2. The fourth-order valence-electron chi connectivity index (χ4n) is 1.36. The lowest BCUT2D eigenvalue weighted by atomic mass is 10.3. The van der Waals surface area contributed by atoms with Crippen LogP contribution in [0.1, 0.15) is 6.92 Å². The first kappa shape index (κ1) is 14.1. The zero-order chi connectivity index (χ0) is 13.8. The number of carbonyl (C=O) groups excluding carboxylic acids is 1. The van der Waals surface area contributed by atoms with Crippen LogP contribution in [0.5, 0.6) is 0 Å². The summed E-state index contributed by atoms with van der Waals surface area (Å²) in [5.41, 5.74) is 6.28. The first-order valence-corrected chi connectivity index (χ1v) is 5.30. The predicted molar refractivity (Wildman–Crippen MR) is 63.2 cm³/mol. The summed E-state index contributed by atoms with van der Waals surface area (Å²) < 4.78 is 36.6. The van der Waals surface area contributed by atoms with Crippen LogP contribution >= 0.6 is 0 Å². The Labute approximate surface area is 103 Å². The van der Waals surface area contributed by atoms with Crippen LogP contribution in [0.25, 0.3) is 0 Å². The fourth-order valence-corrected chi connectivity index (χ4v) is 1.36. The van der Waals surface area contributed by atoms with Crippen molar-refractivity contribution in [2.75, 3.05) is 24.1 Å². The molecule has 3 N–H and O–H groups in total. The van der Waals surface area contributed by atoms with Gasteiger partial charge in [0.25, 0.3) is 0 Å². The molecule has 0 aromatic heterocycles. The summed E-state index contributed by atoms with van der Waals surface area (Å²) in [4.78, 5) is 12.3. The van der Waals surface area contributed by atoms with Gasteiger partial charge in [-0.25, -0.2) is 4.79 Å². The van der Waals surface area contributed by atoms with Gasteiger partial charge in [0.2, 0.25) is 0 Å². The van der Waals surface area contributed by atoms with Crippen molar-refractivity contribution in [3.8, 4) is 0 Å². The van der Waals surface area contributed by atoms with E-state index >= 15 is 0 Å². The molecule has 2 amide bonds. The van der Waals surface area contributed by atoms with Crippen molar-refractivity contribution in [1.82, 2.24) is 4.90 Å². The Morgan fingerprint density at radius 2 is 2.11 bits per heavy atom. The van der Waals surface area contributed by atoms with Crippen LogP contribution in [0, 0.1) is 0 Å². The third-order valence-electron chi connectivity index (χ3n) is 2.18. The third-order valence-corrected chi connectivity index (χ3v) is 2.18. The molecule has 0 aliphatic heterocycles. The molecule has 0 aliphatic rings. The Bertz CT molecular complexity index is 420. The number of nitrogens with two attached hydrogens (primary N) is 1. The van der Waals surface area contributed by atoms with Crippen molar-refractivity contribution in [3.05, 3.63) is 24.3 Å². The zero-order valence-corrected chi connectivity index (χ0v) is 9.79. The minimum Gasteiger partial charge on any atom is -0.399 e. The van der Waals surface area contributed by atoms with E-state index in [9.17, 15) is 18.0 Å². The number of halogens is 3. The summed E-state index contributed by atoms with van der Waals surface area (Å²) in [6, 6.07) is 5.43. The third kappa shape index (κ3) is 4.52. The second kappa shape index (κ2) is 5.61. The number of nitrogens with one attached hydrogen (secondary N) is 1. The van der Waals surface area contributed by atoms with E-state index in [4.69, 9.17) is 5.73 Å². The largest absolute Gasteiger partial charge is 0.406 e. The van der Waals surface area contributed by atoms with Gasteiger partial charge in [-0.05, 0) is 25.1 Å².